The van der Waals surface area contributed by atoms with Crippen LogP contribution in [-0.2, 0) is 0 Å². The molecule has 1 fully saturated rings. The molecule has 0 aromatic carbocycles. The van der Waals surface area contributed by atoms with Gasteiger partial charge in [-0.15, -0.1) is 6.58 Å². The second-order valence-corrected chi connectivity index (χ2v) is 4.12. The van der Waals surface area contributed by atoms with E-state index in [1.54, 1.807) is 0 Å². The summed E-state index contributed by atoms with van der Waals surface area (Å²) in [4.78, 5) is 0. The van der Waals surface area contributed by atoms with Crippen LogP contribution in [0, 0.1) is 0 Å². The maximum atomic E-state index is 3.87. The van der Waals surface area contributed by atoms with Crippen molar-refractivity contribution in [3.05, 3.63) is 25.3 Å². The van der Waals surface area contributed by atoms with Crippen LogP contribution in [-0.4, -0.2) is 30.7 Å². The first kappa shape index (κ1) is 10.5. The van der Waals surface area contributed by atoms with Gasteiger partial charge in [0.1, 0.15) is 0 Å². The van der Waals surface area contributed by atoms with Gasteiger partial charge >= 0.3 is 0 Å². The number of hydrogen-bond acceptors (Lipinski definition) is 0. The minimum absolute atomic E-state index is 1.15. The Hall–Kier alpha value is -0.560. The van der Waals surface area contributed by atoms with Crippen molar-refractivity contribution in [2.75, 3.05) is 26.2 Å². The van der Waals surface area contributed by atoms with Crippen LogP contribution in [0.5, 0.6) is 0 Å². The molecule has 1 nitrogen and oxygen atoms in total. The van der Waals surface area contributed by atoms with Crippen molar-refractivity contribution in [2.24, 2.45) is 0 Å². The predicted octanol–water partition coefficient (Wildman–Crippen LogP) is 2.75. The highest BCUT2D eigenvalue weighted by Gasteiger charge is 2.27. The van der Waals surface area contributed by atoms with Crippen molar-refractivity contribution < 1.29 is 4.48 Å². The molecule has 0 aliphatic carbocycles. The maximum absolute atomic E-state index is 3.87. The topological polar surface area (TPSA) is 0 Å². The van der Waals surface area contributed by atoms with Crippen LogP contribution in [0.15, 0.2) is 25.3 Å². The molecule has 74 valence electrons. The molecule has 1 rings (SSSR count). The highest BCUT2D eigenvalue weighted by atomic mass is 15.3. The molecule has 0 unspecified atom stereocenters. The summed E-state index contributed by atoms with van der Waals surface area (Å²) >= 11 is 0. The number of rotatable bonds is 5. The third-order valence-corrected chi connectivity index (χ3v) is 3.09. The molecular formula is C12H22N+. The molecule has 1 aliphatic heterocycles. The second-order valence-electron chi connectivity index (χ2n) is 4.12. The van der Waals surface area contributed by atoms with Gasteiger partial charge in [0.25, 0.3) is 0 Å². The van der Waals surface area contributed by atoms with Crippen LogP contribution in [0.2, 0.25) is 0 Å². The number of nitrogens with zero attached hydrogens (tertiary/aromatic N) is 1. The lowest BCUT2D eigenvalue weighted by atomic mass is 10.1. The average Bonchev–Trinajstić information content (AvgIpc) is 2.17. The van der Waals surface area contributed by atoms with Gasteiger partial charge < -0.3 is 4.48 Å². The molecule has 1 heteroatoms. The van der Waals surface area contributed by atoms with E-state index in [1.165, 1.54) is 43.4 Å². The number of quaternary nitrogens is 1. The van der Waals surface area contributed by atoms with Gasteiger partial charge in [0.05, 0.1) is 26.2 Å². The summed E-state index contributed by atoms with van der Waals surface area (Å²) in [5.41, 5.74) is 0. The van der Waals surface area contributed by atoms with E-state index in [4.69, 9.17) is 0 Å². The predicted molar refractivity (Wildman–Crippen MR) is 58.6 cm³/mol. The van der Waals surface area contributed by atoms with Gasteiger partial charge in [0, 0.05) is 6.42 Å². The molecule has 1 heterocycles. The van der Waals surface area contributed by atoms with E-state index in [2.05, 4.69) is 19.2 Å². The fraction of sp³-hybridized carbons (Fsp3) is 0.667. The molecule has 1 saturated heterocycles. The summed E-state index contributed by atoms with van der Waals surface area (Å²) in [5, 5.41) is 0. The standard InChI is InChI=1S/C12H22N/c1-3-5-10-13(9-4-2)11-7-6-8-12-13/h3-4H,1-2,5-12H2/q+1. The quantitative estimate of drug-likeness (QED) is 0.451. The van der Waals surface area contributed by atoms with E-state index < -0.39 is 0 Å². The first-order valence-electron chi connectivity index (χ1n) is 5.40. The second kappa shape index (κ2) is 5.23. The molecule has 1 aliphatic rings. The van der Waals surface area contributed by atoms with E-state index in [1.807, 2.05) is 6.08 Å². The zero-order chi connectivity index (χ0) is 9.57. The van der Waals surface area contributed by atoms with Gasteiger partial charge in [-0.25, -0.2) is 0 Å². The summed E-state index contributed by atoms with van der Waals surface area (Å²) in [6, 6.07) is 0. The minimum atomic E-state index is 1.15. The Morgan fingerprint density at radius 1 is 1.00 bits per heavy atom. The Balaban J connectivity index is 2.49. The third kappa shape index (κ3) is 3.00. The summed E-state index contributed by atoms with van der Waals surface area (Å²) in [7, 11) is 0. The van der Waals surface area contributed by atoms with Crippen molar-refractivity contribution in [1.82, 2.24) is 0 Å². The van der Waals surface area contributed by atoms with E-state index in [9.17, 15) is 0 Å². The number of likely N-dealkylation sites (tertiary alicyclic amines) is 1. The Bertz CT molecular complexity index is 166. The molecule has 0 saturated carbocycles. The first-order chi connectivity index (χ1) is 6.33. The van der Waals surface area contributed by atoms with Crippen LogP contribution in [0.25, 0.3) is 0 Å². The Kier molecular flexibility index (Phi) is 4.23. The fourth-order valence-electron chi connectivity index (χ4n) is 2.32. The van der Waals surface area contributed by atoms with Crippen LogP contribution in [0.4, 0.5) is 0 Å². The molecule has 0 radical (unpaired) electrons. The zero-order valence-corrected chi connectivity index (χ0v) is 8.67. The van der Waals surface area contributed by atoms with Crippen molar-refractivity contribution in [3.63, 3.8) is 0 Å². The number of hydrogen-bond donors (Lipinski definition) is 0. The zero-order valence-electron chi connectivity index (χ0n) is 8.67. The fourth-order valence-corrected chi connectivity index (χ4v) is 2.32. The molecule has 0 aromatic heterocycles. The van der Waals surface area contributed by atoms with Gasteiger partial charge in [-0.3, -0.25) is 0 Å². The lowest BCUT2D eigenvalue weighted by Crippen LogP contribution is -2.51. The van der Waals surface area contributed by atoms with E-state index >= 15 is 0 Å². The van der Waals surface area contributed by atoms with Crippen LogP contribution in [0.1, 0.15) is 25.7 Å². The number of piperidine rings is 1. The van der Waals surface area contributed by atoms with Crippen molar-refractivity contribution in [2.45, 2.75) is 25.7 Å². The largest absolute Gasteiger partial charge is 0.320 e. The van der Waals surface area contributed by atoms with Crippen molar-refractivity contribution >= 4 is 0 Å². The lowest BCUT2D eigenvalue weighted by molar-refractivity contribution is -0.926. The highest BCUT2D eigenvalue weighted by Crippen LogP contribution is 2.19. The molecular weight excluding hydrogens is 158 g/mol. The van der Waals surface area contributed by atoms with Crippen molar-refractivity contribution in [1.29, 1.82) is 0 Å². The summed E-state index contributed by atoms with van der Waals surface area (Å²) in [6.07, 6.45) is 9.47. The van der Waals surface area contributed by atoms with Gasteiger partial charge in [-0.1, -0.05) is 12.7 Å². The highest BCUT2D eigenvalue weighted by molar-refractivity contribution is 4.71. The Morgan fingerprint density at radius 2 is 1.69 bits per heavy atom. The summed E-state index contributed by atoms with van der Waals surface area (Å²) in [5.74, 6) is 0. The molecule has 0 aromatic rings. The molecule has 0 bridgehead atoms. The average molecular weight is 180 g/mol. The summed E-state index contributed by atoms with van der Waals surface area (Å²) in [6.45, 7) is 12.8. The van der Waals surface area contributed by atoms with E-state index in [0.29, 0.717) is 0 Å². The smallest absolute Gasteiger partial charge is 0.0971 e. The normalized spacial score (nSPS) is 20.9. The molecule has 0 spiro atoms. The van der Waals surface area contributed by atoms with Gasteiger partial charge in [0.15, 0.2) is 0 Å². The lowest BCUT2D eigenvalue weighted by Gasteiger charge is -2.40. The van der Waals surface area contributed by atoms with Crippen LogP contribution in [0.3, 0.4) is 0 Å². The van der Waals surface area contributed by atoms with E-state index in [-0.39, 0.29) is 0 Å². The molecule has 0 N–H and O–H groups in total. The molecule has 0 amide bonds. The van der Waals surface area contributed by atoms with E-state index in [0.717, 1.165) is 13.0 Å². The monoisotopic (exact) mass is 180 g/mol. The molecule has 13 heavy (non-hydrogen) atoms. The third-order valence-electron chi connectivity index (χ3n) is 3.09. The minimum Gasteiger partial charge on any atom is -0.320 e. The Morgan fingerprint density at radius 3 is 2.23 bits per heavy atom. The first-order valence-corrected chi connectivity index (χ1v) is 5.40. The SMILES string of the molecule is C=CCC[N+]1(CC=C)CCCCC1. The van der Waals surface area contributed by atoms with Gasteiger partial charge in [-0.05, 0) is 25.3 Å². The molecule has 0 atom stereocenters. The van der Waals surface area contributed by atoms with Gasteiger partial charge in [0.2, 0.25) is 0 Å². The maximum Gasteiger partial charge on any atom is 0.0971 e. The van der Waals surface area contributed by atoms with Crippen LogP contribution >= 0.6 is 0 Å². The van der Waals surface area contributed by atoms with Gasteiger partial charge in [-0.2, -0.15) is 0 Å². The van der Waals surface area contributed by atoms with Crippen LogP contribution < -0.4 is 0 Å². The van der Waals surface area contributed by atoms with Crippen molar-refractivity contribution in [3.8, 4) is 0 Å². The Labute approximate surface area is 82.3 Å². The summed E-state index contributed by atoms with van der Waals surface area (Å²) < 4.78 is 1.26.